The Bertz CT molecular complexity index is 1010. The van der Waals surface area contributed by atoms with Crippen LogP contribution in [0.15, 0.2) is 53.7 Å². The van der Waals surface area contributed by atoms with Crippen molar-refractivity contribution in [3.63, 3.8) is 0 Å². The van der Waals surface area contributed by atoms with Gasteiger partial charge in [0.15, 0.2) is 0 Å². The number of hydrogen-bond donors (Lipinski definition) is 1. The number of carbonyl (C=O) groups excluding carboxylic acids is 1. The minimum Gasteiger partial charge on any atom is -0.367 e. The summed E-state index contributed by atoms with van der Waals surface area (Å²) in [5, 5.41) is 15.6. The lowest BCUT2D eigenvalue weighted by molar-refractivity contribution is -0.113. The fourth-order valence-corrected chi connectivity index (χ4v) is 4.28. The second-order valence-corrected chi connectivity index (χ2v) is 8.43. The predicted molar refractivity (Wildman–Crippen MR) is 124 cm³/mol. The van der Waals surface area contributed by atoms with Crippen LogP contribution in [-0.2, 0) is 4.79 Å². The number of amides is 1. The highest BCUT2D eigenvalue weighted by molar-refractivity contribution is 7.99. The number of nitrogens with zero attached hydrogens (tertiary/aromatic N) is 6. The quantitative estimate of drug-likeness (QED) is 0.570. The molecule has 4 rings (SSSR count). The number of tetrazole rings is 1. The summed E-state index contributed by atoms with van der Waals surface area (Å²) in [6, 6.07) is 15.9. The Balaban J connectivity index is 1.39. The standard InChI is InChI=1S/C22H27N7OS/c1-3-27-12-14-28(15-13-27)20-7-5-4-6-19(20)23-21(30)16-31-22-24-25-26-29(22)18-10-8-17(2)9-11-18/h4-11H,3,12-16H2,1-2H3,(H,23,30). The SMILES string of the molecule is CCN1CCN(c2ccccc2NC(=O)CSc2nnnn2-c2ccc(C)cc2)CC1. The van der Waals surface area contributed by atoms with Crippen molar-refractivity contribution >= 4 is 29.0 Å². The molecule has 0 spiro atoms. The van der Waals surface area contributed by atoms with Crippen LogP contribution in [-0.4, -0.2) is 69.5 Å². The Hall–Kier alpha value is -2.91. The molecule has 0 radical (unpaired) electrons. The Labute approximate surface area is 186 Å². The maximum absolute atomic E-state index is 12.7. The fraction of sp³-hybridized carbons (Fsp3) is 0.364. The van der Waals surface area contributed by atoms with Gasteiger partial charge in [-0.25, -0.2) is 0 Å². The van der Waals surface area contributed by atoms with Crippen molar-refractivity contribution in [2.24, 2.45) is 0 Å². The Kier molecular flexibility index (Phi) is 6.83. The average Bonchev–Trinajstić information content (AvgIpc) is 3.27. The third kappa shape index (κ3) is 5.23. The first kappa shape index (κ1) is 21.3. The number of carbonyl (C=O) groups is 1. The van der Waals surface area contributed by atoms with E-state index in [1.54, 1.807) is 4.68 Å². The molecule has 2 heterocycles. The zero-order valence-corrected chi connectivity index (χ0v) is 18.7. The zero-order valence-electron chi connectivity index (χ0n) is 17.9. The number of benzene rings is 2. The Morgan fingerprint density at radius 2 is 1.81 bits per heavy atom. The summed E-state index contributed by atoms with van der Waals surface area (Å²) in [7, 11) is 0. The largest absolute Gasteiger partial charge is 0.367 e. The number of nitrogens with one attached hydrogen (secondary N) is 1. The molecule has 1 N–H and O–H groups in total. The maximum atomic E-state index is 12.7. The first-order valence-corrected chi connectivity index (χ1v) is 11.5. The highest BCUT2D eigenvalue weighted by Gasteiger charge is 2.19. The third-order valence-corrected chi connectivity index (χ3v) is 6.31. The number of piperazine rings is 1. The number of aryl methyl sites for hydroxylation is 1. The maximum Gasteiger partial charge on any atom is 0.234 e. The van der Waals surface area contributed by atoms with Gasteiger partial charge in [-0.2, -0.15) is 4.68 Å². The molecule has 1 aromatic heterocycles. The van der Waals surface area contributed by atoms with Crippen molar-refractivity contribution in [2.75, 3.05) is 48.7 Å². The molecule has 0 saturated carbocycles. The summed E-state index contributed by atoms with van der Waals surface area (Å²) in [6.07, 6.45) is 0. The molecule has 2 aromatic carbocycles. The summed E-state index contributed by atoms with van der Waals surface area (Å²) >= 11 is 1.32. The lowest BCUT2D eigenvalue weighted by Crippen LogP contribution is -2.46. The lowest BCUT2D eigenvalue weighted by Gasteiger charge is -2.36. The van der Waals surface area contributed by atoms with Gasteiger partial charge in [-0.1, -0.05) is 48.5 Å². The van der Waals surface area contributed by atoms with E-state index < -0.39 is 0 Å². The number of aromatic nitrogens is 4. The van der Waals surface area contributed by atoms with Crippen LogP contribution in [0, 0.1) is 6.92 Å². The van der Waals surface area contributed by atoms with Crippen molar-refractivity contribution in [3.8, 4) is 5.69 Å². The second kappa shape index (κ2) is 9.93. The summed E-state index contributed by atoms with van der Waals surface area (Å²) in [4.78, 5) is 17.5. The molecule has 9 heteroatoms. The molecular weight excluding hydrogens is 410 g/mol. The molecule has 0 aliphatic carbocycles. The molecule has 8 nitrogen and oxygen atoms in total. The zero-order chi connectivity index (χ0) is 21.6. The van der Waals surface area contributed by atoms with Crippen LogP contribution in [0.3, 0.4) is 0 Å². The predicted octanol–water partition coefficient (Wildman–Crippen LogP) is 2.84. The van der Waals surface area contributed by atoms with Crippen LogP contribution in [0.5, 0.6) is 0 Å². The fourth-order valence-electron chi connectivity index (χ4n) is 3.59. The Morgan fingerprint density at radius 3 is 2.55 bits per heavy atom. The van der Waals surface area contributed by atoms with Gasteiger partial charge in [-0.15, -0.1) is 5.10 Å². The number of thioether (sulfide) groups is 1. The van der Waals surface area contributed by atoms with Gasteiger partial charge in [0, 0.05) is 26.2 Å². The van der Waals surface area contributed by atoms with E-state index in [0.29, 0.717) is 5.16 Å². The third-order valence-electron chi connectivity index (χ3n) is 5.39. The number of rotatable bonds is 7. The van der Waals surface area contributed by atoms with Gasteiger partial charge >= 0.3 is 0 Å². The van der Waals surface area contributed by atoms with E-state index in [4.69, 9.17) is 0 Å². The molecule has 1 aliphatic rings. The molecule has 0 bridgehead atoms. The van der Waals surface area contributed by atoms with Crippen LogP contribution in [0.4, 0.5) is 11.4 Å². The van der Waals surface area contributed by atoms with E-state index in [1.165, 1.54) is 17.3 Å². The number of para-hydroxylation sites is 2. The molecule has 1 amide bonds. The molecular formula is C22H27N7OS. The summed E-state index contributed by atoms with van der Waals surface area (Å²) in [5.74, 6) is 0.146. The molecule has 0 atom stereocenters. The lowest BCUT2D eigenvalue weighted by atomic mass is 10.2. The van der Waals surface area contributed by atoms with E-state index in [-0.39, 0.29) is 11.7 Å². The summed E-state index contributed by atoms with van der Waals surface area (Å²) in [6.45, 7) is 9.29. The van der Waals surface area contributed by atoms with Crippen LogP contribution in [0.25, 0.3) is 5.69 Å². The van der Waals surface area contributed by atoms with Crippen molar-refractivity contribution in [3.05, 3.63) is 54.1 Å². The van der Waals surface area contributed by atoms with Gasteiger partial charge in [0.05, 0.1) is 22.8 Å². The number of likely N-dealkylation sites (N-methyl/N-ethyl adjacent to an activating group) is 1. The van der Waals surface area contributed by atoms with E-state index >= 15 is 0 Å². The summed E-state index contributed by atoms with van der Waals surface area (Å²) in [5.41, 5.74) is 3.95. The van der Waals surface area contributed by atoms with Gasteiger partial charge in [-0.3, -0.25) is 4.79 Å². The summed E-state index contributed by atoms with van der Waals surface area (Å²) < 4.78 is 1.65. The van der Waals surface area contributed by atoms with Crippen LogP contribution in [0.1, 0.15) is 12.5 Å². The van der Waals surface area contributed by atoms with Crippen LogP contribution < -0.4 is 10.2 Å². The topological polar surface area (TPSA) is 79.2 Å². The van der Waals surface area contributed by atoms with Crippen molar-refractivity contribution in [1.29, 1.82) is 0 Å². The Morgan fingerprint density at radius 1 is 1.06 bits per heavy atom. The first-order valence-electron chi connectivity index (χ1n) is 10.5. The van der Waals surface area contributed by atoms with E-state index in [0.717, 1.165) is 49.8 Å². The van der Waals surface area contributed by atoms with Gasteiger partial charge in [0.2, 0.25) is 11.1 Å². The van der Waals surface area contributed by atoms with Gasteiger partial charge in [-0.05, 0) is 48.2 Å². The normalized spacial score (nSPS) is 14.6. The molecule has 1 saturated heterocycles. The highest BCUT2D eigenvalue weighted by Crippen LogP contribution is 2.27. The minimum absolute atomic E-state index is 0.0805. The van der Waals surface area contributed by atoms with Crippen molar-refractivity contribution in [1.82, 2.24) is 25.1 Å². The van der Waals surface area contributed by atoms with E-state index in [1.807, 2.05) is 49.4 Å². The molecule has 162 valence electrons. The number of hydrogen-bond acceptors (Lipinski definition) is 7. The van der Waals surface area contributed by atoms with Crippen LogP contribution in [0.2, 0.25) is 0 Å². The second-order valence-electron chi connectivity index (χ2n) is 7.48. The monoisotopic (exact) mass is 437 g/mol. The molecule has 3 aromatic rings. The average molecular weight is 438 g/mol. The van der Waals surface area contributed by atoms with Gasteiger partial charge < -0.3 is 15.1 Å². The van der Waals surface area contributed by atoms with Crippen molar-refractivity contribution in [2.45, 2.75) is 19.0 Å². The minimum atomic E-state index is -0.0805. The van der Waals surface area contributed by atoms with Crippen molar-refractivity contribution < 1.29 is 4.79 Å². The molecule has 1 fully saturated rings. The molecule has 31 heavy (non-hydrogen) atoms. The smallest absolute Gasteiger partial charge is 0.234 e. The molecule has 0 unspecified atom stereocenters. The first-order chi connectivity index (χ1) is 15.1. The molecule has 1 aliphatic heterocycles. The van der Waals surface area contributed by atoms with Crippen LogP contribution >= 0.6 is 11.8 Å². The van der Waals surface area contributed by atoms with E-state index in [2.05, 4.69) is 43.6 Å². The number of anilines is 2. The van der Waals surface area contributed by atoms with E-state index in [9.17, 15) is 4.79 Å². The van der Waals surface area contributed by atoms with Gasteiger partial charge in [0.25, 0.3) is 0 Å². The highest BCUT2D eigenvalue weighted by atomic mass is 32.2. The van der Waals surface area contributed by atoms with Gasteiger partial charge in [0.1, 0.15) is 0 Å².